The molecular formula is C22H38O6. The largest absolute Gasteiger partial charge is 0.462 e. The Hall–Kier alpha value is -1.24. The first-order valence-corrected chi connectivity index (χ1v) is 10.2. The van der Waals surface area contributed by atoms with E-state index in [0.717, 1.165) is 38.9 Å². The van der Waals surface area contributed by atoms with Crippen LogP contribution in [0.1, 0.15) is 59.8 Å². The zero-order chi connectivity index (χ0) is 21.2. The molecule has 0 N–H and O–H groups in total. The minimum Gasteiger partial charge on any atom is -0.462 e. The molecule has 4 atom stereocenters. The van der Waals surface area contributed by atoms with E-state index in [9.17, 15) is 4.79 Å². The lowest BCUT2D eigenvalue weighted by Gasteiger charge is -2.34. The molecule has 2 aliphatic heterocycles. The monoisotopic (exact) mass is 398 g/mol. The summed E-state index contributed by atoms with van der Waals surface area (Å²) in [5, 5.41) is 0. The van der Waals surface area contributed by atoms with Gasteiger partial charge in [-0.25, -0.2) is 4.79 Å². The van der Waals surface area contributed by atoms with Crippen LogP contribution < -0.4 is 0 Å². The van der Waals surface area contributed by atoms with Crippen molar-refractivity contribution in [3.8, 4) is 0 Å². The predicted molar refractivity (Wildman–Crippen MR) is 108 cm³/mol. The smallest absolute Gasteiger partial charge is 0.330 e. The maximum atomic E-state index is 11.1. The predicted octanol–water partition coefficient (Wildman–Crippen LogP) is 3.72. The second kappa shape index (κ2) is 11.7. The van der Waals surface area contributed by atoms with Crippen molar-refractivity contribution in [3.63, 3.8) is 0 Å². The van der Waals surface area contributed by atoms with Crippen LogP contribution in [0.4, 0.5) is 0 Å². The van der Waals surface area contributed by atoms with Gasteiger partial charge in [-0.3, -0.25) is 0 Å². The van der Waals surface area contributed by atoms with E-state index in [4.69, 9.17) is 23.7 Å². The molecule has 162 valence electrons. The van der Waals surface area contributed by atoms with Crippen molar-refractivity contribution in [1.29, 1.82) is 0 Å². The van der Waals surface area contributed by atoms with Crippen LogP contribution in [0.25, 0.3) is 0 Å². The second-order valence-electron chi connectivity index (χ2n) is 8.62. The number of ether oxygens (including phenoxy) is 4. The molecule has 3 fully saturated rings. The van der Waals surface area contributed by atoms with E-state index >= 15 is 0 Å². The molecule has 6 nitrogen and oxygen atoms in total. The Labute approximate surface area is 169 Å². The molecule has 1 saturated carbocycles. The SMILES string of the molecule is C/C=C/C(=O)OCC1CCC2(C)OC2C1.C=O.COCC1CCC(C)(C)OC1. The number of hydrogen-bond donors (Lipinski definition) is 0. The summed E-state index contributed by atoms with van der Waals surface area (Å²) in [6, 6.07) is 0. The molecular weight excluding hydrogens is 360 g/mol. The number of methoxy groups -OCH3 is 1. The fraction of sp³-hybridized carbons (Fsp3) is 0.818. The van der Waals surface area contributed by atoms with Gasteiger partial charge in [0.1, 0.15) is 6.79 Å². The van der Waals surface area contributed by atoms with E-state index < -0.39 is 0 Å². The molecule has 0 aromatic rings. The van der Waals surface area contributed by atoms with Crippen LogP contribution in [-0.2, 0) is 28.5 Å². The molecule has 1 aliphatic carbocycles. The van der Waals surface area contributed by atoms with Gasteiger partial charge in [0.05, 0.1) is 37.1 Å². The molecule has 0 spiro atoms. The summed E-state index contributed by atoms with van der Waals surface area (Å²) in [5.74, 6) is 0.871. The van der Waals surface area contributed by atoms with Gasteiger partial charge in [0.25, 0.3) is 0 Å². The summed E-state index contributed by atoms with van der Waals surface area (Å²) in [5.41, 5.74) is 0.258. The number of carbonyl (C=O) groups is 2. The zero-order valence-electron chi connectivity index (χ0n) is 18.2. The molecule has 4 unspecified atom stereocenters. The Balaban J connectivity index is 0.000000268. The minimum absolute atomic E-state index is 0.101. The maximum absolute atomic E-state index is 11.1. The number of epoxide rings is 1. The molecule has 0 radical (unpaired) electrons. The number of fused-ring (bicyclic) bond motifs is 1. The third kappa shape index (κ3) is 8.41. The highest BCUT2D eigenvalue weighted by Crippen LogP contribution is 2.49. The Morgan fingerprint density at radius 1 is 1.14 bits per heavy atom. The van der Waals surface area contributed by atoms with Gasteiger partial charge in [-0.1, -0.05) is 6.08 Å². The molecule has 6 heteroatoms. The van der Waals surface area contributed by atoms with Gasteiger partial charge in [-0.15, -0.1) is 0 Å². The normalized spacial score (nSPS) is 32.8. The Morgan fingerprint density at radius 3 is 2.36 bits per heavy atom. The van der Waals surface area contributed by atoms with Crippen LogP contribution in [0.15, 0.2) is 12.2 Å². The first kappa shape index (κ1) is 24.8. The number of carbonyl (C=O) groups excluding carboxylic acids is 2. The van der Waals surface area contributed by atoms with Gasteiger partial charge >= 0.3 is 5.97 Å². The summed E-state index contributed by atoms with van der Waals surface area (Å²) < 4.78 is 21.5. The number of allylic oxidation sites excluding steroid dienone is 1. The summed E-state index contributed by atoms with van der Waals surface area (Å²) in [7, 11) is 1.75. The topological polar surface area (TPSA) is 74.4 Å². The summed E-state index contributed by atoms with van der Waals surface area (Å²) in [6.07, 6.45) is 9.21. The molecule has 28 heavy (non-hydrogen) atoms. The van der Waals surface area contributed by atoms with Crippen molar-refractivity contribution in [2.75, 3.05) is 26.9 Å². The summed E-state index contributed by atoms with van der Waals surface area (Å²) in [4.78, 5) is 19.1. The van der Waals surface area contributed by atoms with E-state index in [1.54, 1.807) is 13.2 Å². The van der Waals surface area contributed by atoms with Crippen molar-refractivity contribution in [2.45, 2.75) is 77.1 Å². The summed E-state index contributed by atoms with van der Waals surface area (Å²) >= 11 is 0. The van der Waals surface area contributed by atoms with E-state index in [2.05, 4.69) is 20.8 Å². The van der Waals surface area contributed by atoms with Crippen LogP contribution in [-0.4, -0.2) is 57.0 Å². The number of rotatable bonds is 5. The van der Waals surface area contributed by atoms with Gasteiger partial charge in [-0.05, 0) is 65.7 Å². The standard InChI is InChI=1S/C12H18O3.C9H18O2.CH2O/c1-3-4-11(13)14-8-9-5-6-12(2)10(7-9)15-12;1-9(2)5-4-8(6-10-3)7-11-9;1-2/h3-4,9-10H,5-8H2,1-2H3;8H,4-7H2,1-3H3;1H2/b4-3+;;. The molecule has 0 bridgehead atoms. The van der Waals surface area contributed by atoms with Gasteiger partial charge in [0.2, 0.25) is 0 Å². The van der Waals surface area contributed by atoms with E-state index in [-0.39, 0.29) is 17.2 Å². The highest BCUT2D eigenvalue weighted by molar-refractivity contribution is 5.81. The first-order valence-electron chi connectivity index (χ1n) is 10.2. The summed E-state index contributed by atoms with van der Waals surface area (Å²) in [6.45, 7) is 12.5. The van der Waals surface area contributed by atoms with Crippen LogP contribution in [0.5, 0.6) is 0 Å². The molecule has 2 heterocycles. The average Bonchev–Trinajstić information content (AvgIpc) is 3.35. The highest BCUT2D eigenvalue weighted by Gasteiger charge is 2.55. The maximum Gasteiger partial charge on any atom is 0.330 e. The van der Waals surface area contributed by atoms with Gasteiger partial charge in [0.15, 0.2) is 0 Å². The van der Waals surface area contributed by atoms with Crippen LogP contribution in [0.3, 0.4) is 0 Å². The third-order valence-electron chi connectivity index (χ3n) is 5.66. The fourth-order valence-corrected chi connectivity index (χ4v) is 3.67. The highest BCUT2D eigenvalue weighted by atomic mass is 16.6. The first-order chi connectivity index (χ1) is 13.3. The average molecular weight is 399 g/mol. The molecule has 0 amide bonds. The van der Waals surface area contributed by atoms with E-state index in [0.29, 0.717) is 24.5 Å². The third-order valence-corrected chi connectivity index (χ3v) is 5.66. The van der Waals surface area contributed by atoms with Crippen molar-refractivity contribution in [1.82, 2.24) is 0 Å². The van der Waals surface area contributed by atoms with Crippen molar-refractivity contribution >= 4 is 12.8 Å². The number of esters is 1. The molecule has 3 rings (SSSR count). The fourth-order valence-electron chi connectivity index (χ4n) is 3.67. The van der Waals surface area contributed by atoms with Crippen molar-refractivity contribution in [2.24, 2.45) is 11.8 Å². The lowest BCUT2D eigenvalue weighted by atomic mass is 9.83. The lowest BCUT2D eigenvalue weighted by molar-refractivity contribution is -0.139. The van der Waals surface area contributed by atoms with E-state index in [1.165, 1.54) is 12.5 Å². The van der Waals surface area contributed by atoms with Crippen LogP contribution in [0, 0.1) is 11.8 Å². The van der Waals surface area contributed by atoms with Gasteiger partial charge < -0.3 is 23.7 Å². The van der Waals surface area contributed by atoms with Crippen LogP contribution in [0.2, 0.25) is 0 Å². The number of hydrogen-bond acceptors (Lipinski definition) is 6. The minimum atomic E-state index is -0.234. The Kier molecular flexibility index (Phi) is 10.4. The molecule has 2 saturated heterocycles. The molecule has 0 aromatic heterocycles. The molecule has 3 aliphatic rings. The van der Waals surface area contributed by atoms with Gasteiger partial charge in [0, 0.05) is 19.1 Å². The van der Waals surface area contributed by atoms with Crippen molar-refractivity contribution < 1.29 is 28.5 Å². The van der Waals surface area contributed by atoms with Gasteiger partial charge in [-0.2, -0.15) is 0 Å². The van der Waals surface area contributed by atoms with E-state index in [1.807, 2.05) is 13.7 Å². The Bertz CT molecular complexity index is 493. The van der Waals surface area contributed by atoms with Crippen LogP contribution >= 0.6 is 0 Å². The quantitative estimate of drug-likeness (QED) is 0.399. The second-order valence-corrected chi connectivity index (χ2v) is 8.62. The zero-order valence-corrected chi connectivity index (χ0v) is 18.2. The lowest BCUT2D eigenvalue weighted by Crippen LogP contribution is -2.35. The van der Waals surface area contributed by atoms with Crippen molar-refractivity contribution in [3.05, 3.63) is 12.2 Å². The Morgan fingerprint density at radius 2 is 1.82 bits per heavy atom. The molecule has 0 aromatic carbocycles.